The second-order valence-corrected chi connectivity index (χ2v) is 4.00. The van der Waals surface area contributed by atoms with Gasteiger partial charge in [-0.3, -0.25) is 0 Å². The number of para-hydroxylation sites is 1. The highest BCUT2D eigenvalue weighted by Crippen LogP contribution is 2.32. The maximum Gasteiger partial charge on any atom is 0.328 e. The zero-order chi connectivity index (χ0) is 14.4. The lowest BCUT2D eigenvalue weighted by atomic mass is 10.2. The summed E-state index contributed by atoms with van der Waals surface area (Å²) >= 11 is 0. The van der Waals surface area contributed by atoms with Gasteiger partial charge in [0.25, 0.3) is 0 Å². The zero-order valence-corrected chi connectivity index (χ0v) is 10.9. The molecule has 0 saturated heterocycles. The molecule has 4 heteroatoms. The van der Waals surface area contributed by atoms with Crippen LogP contribution >= 0.6 is 0 Å². The maximum atomic E-state index is 10.5. The minimum atomic E-state index is -0.992. The number of aliphatic carboxylic acids is 1. The van der Waals surface area contributed by atoms with Gasteiger partial charge in [-0.1, -0.05) is 24.3 Å². The zero-order valence-electron chi connectivity index (χ0n) is 10.9. The van der Waals surface area contributed by atoms with E-state index < -0.39 is 5.97 Å². The van der Waals surface area contributed by atoms with Gasteiger partial charge in [-0.2, -0.15) is 0 Å². The topological polar surface area (TPSA) is 55.8 Å². The third-order valence-corrected chi connectivity index (χ3v) is 2.58. The minimum Gasteiger partial charge on any atom is -0.493 e. The minimum absolute atomic E-state index is 0.543. The first-order chi connectivity index (χ1) is 9.69. The van der Waals surface area contributed by atoms with E-state index in [1.54, 1.807) is 18.2 Å². The summed E-state index contributed by atoms with van der Waals surface area (Å²) in [5, 5.41) is 8.61. The van der Waals surface area contributed by atoms with Crippen molar-refractivity contribution in [1.29, 1.82) is 0 Å². The molecule has 20 heavy (non-hydrogen) atoms. The first-order valence-corrected chi connectivity index (χ1v) is 6.01. The largest absolute Gasteiger partial charge is 0.493 e. The summed E-state index contributed by atoms with van der Waals surface area (Å²) in [6.07, 6.45) is 2.57. The second-order valence-electron chi connectivity index (χ2n) is 4.00. The van der Waals surface area contributed by atoms with Gasteiger partial charge in [-0.15, -0.1) is 0 Å². The van der Waals surface area contributed by atoms with Crippen LogP contribution in [0.4, 0.5) is 0 Å². The number of carboxylic acids is 1. The Morgan fingerprint density at radius 3 is 2.50 bits per heavy atom. The SMILES string of the molecule is COc1cc(C=CC(=O)O)ccc1Oc1ccccc1. The summed E-state index contributed by atoms with van der Waals surface area (Å²) in [5.74, 6) is 0.834. The standard InChI is InChI=1S/C16H14O4/c1-19-15-11-12(8-10-16(17)18)7-9-14(15)20-13-5-3-2-4-6-13/h2-11H,1H3,(H,17,18). The molecule has 0 aliphatic heterocycles. The summed E-state index contributed by atoms with van der Waals surface area (Å²) in [7, 11) is 1.54. The highest BCUT2D eigenvalue weighted by Gasteiger charge is 2.06. The number of carboxylic acid groups (broad SMARTS) is 1. The molecular formula is C16H14O4. The molecule has 0 bridgehead atoms. The number of hydrogen-bond acceptors (Lipinski definition) is 3. The van der Waals surface area contributed by atoms with Crippen molar-refractivity contribution in [1.82, 2.24) is 0 Å². The first-order valence-electron chi connectivity index (χ1n) is 6.01. The van der Waals surface area contributed by atoms with Crippen LogP contribution in [0.1, 0.15) is 5.56 Å². The third kappa shape index (κ3) is 3.62. The summed E-state index contributed by atoms with van der Waals surface area (Å²) in [4.78, 5) is 10.5. The van der Waals surface area contributed by atoms with Crippen molar-refractivity contribution in [3.63, 3.8) is 0 Å². The monoisotopic (exact) mass is 270 g/mol. The summed E-state index contributed by atoms with van der Waals surface area (Å²) in [5.41, 5.74) is 0.727. The number of rotatable bonds is 5. The van der Waals surface area contributed by atoms with Gasteiger partial charge < -0.3 is 14.6 Å². The van der Waals surface area contributed by atoms with Crippen LogP contribution in [0.5, 0.6) is 17.2 Å². The fraction of sp³-hybridized carbons (Fsp3) is 0.0625. The Morgan fingerprint density at radius 1 is 1.10 bits per heavy atom. The normalized spacial score (nSPS) is 10.4. The number of carbonyl (C=O) groups is 1. The van der Waals surface area contributed by atoms with Crippen LogP contribution in [0.3, 0.4) is 0 Å². The van der Waals surface area contributed by atoms with Gasteiger partial charge in [0.15, 0.2) is 11.5 Å². The Hall–Kier alpha value is -2.75. The van der Waals surface area contributed by atoms with Gasteiger partial charge in [0.1, 0.15) is 5.75 Å². The van der Waals surface area contributed by atoms with Crippen LogP contribution < -0.4 is 9.47 Å². The van der Waals surface area contributed by atoms with Crippen LogP contribution in [0, 0.1) is 0 Å². The van der Waals surface area contributed by atoms with Crippen molar-refractivity contribution in [2.75, 3.05) is 7.11 Å². The predicted octanol–water partition coefficient (Wildman–Crippen LogP) is 3.59. The lowest BCUT2D eigenvalue weighted by molar-refractivity contribution is -0.131. The molecule has 4 nitrogen and oxygen atoms in total. The molecular weight excluding hydrogens is 256 g/mol. The van der Waals surface area contributed by atoms with Crippen molar-refractivity contribution in [3.8, 4) is 17.2 Å². The molecule has 0 unspecified atom stereocenters. The van der Waals surface area contributed by atoms with Gasteiger partial charge >= 0.3 is 5.97 Å². The molecule has 0 aliphatic carbocycles. The molecule has 0 heterocycles. The predicted molar refractivity (Wildman–Crippen MR) is 76.2 cm³/mol. The number of ether oxygens (including phenoxy) is 2. The lowest BCUT2D eigenvalue weighted by Gasteiger charge is -2.10. The molecule has 0 amide bonds. The Labute approximate surface area is 116 Å². The van der Waals surface area contributed by atoms with Gasteiger partial charge in [0, 0.05) is 6.08 Å². The van der Waals surface area contributed by atoms with Crippen LogP contribution in [0.2, 0.25) is 0 Å². The third-order valence-electron chi connectivity index (χ3n) is 2.58. The molecule has 0 fully saturated rings. The molecule has 2 rings (SSSR count). The van der Waals surface area contributed by atoms with Gasteiger partial charge in [-0.05, 0) is 35.9 Å². The van der Waals surface area contributed by atoms with Crippen LogP contribution in [0.15, 0.2) is 54.6 Å². The molecule has 1 N–H and O–H groups in total. The van der Waals surface area contributed by atoms with E-state index in [2.05, 4.69) is 0 Å². The molecule has 2 aromatic rings. The molecule has 2 aromatic carbocycles. The molecule has 0 saturated carbocycles. The highest BCUT2D eigenvalue weighted by atomic mass is 16.5. The quantitative estimate of drug-likeness (QED) is 0.844. The van der Waals surface area contributed by atoms with E-state index in [1.807, 2.05) is 30.3 Å². The van der Waals surface area contributed by atoms with Crippen molar-refractivity contribution >= 4 is 12.0 Å². The molecule has 0 radical (unpaired) electrons. The Balaban J connectivity index is 2.24. The van der Waals surface area contributed by atoms with E-state index in [1.165, 1.54) is 13.2 Å². The molecule has 0 aromatic heterocycles. The van der Waals surface area contributed by atoms with Crippen LogP contribution in [-0.2, 0) is 4.79 Å². The molecule has 0 atom stereocenters. The first kappa shape index (κ1) is 13.7. The van der Waals surface area contributed by atoms with E-state index in [0.717, 1.165) is 11.6 Å². The molecule has 102 valence electrons. The average molecular weight is 270 g/mol. The lowest BCUT2D eigenvalue weighted by Crippen LogP contribution is -1.91. The van der Waals surface area contributed by atoms with Crippen molar-refractivity contribution in [2.24, 2.45) is 0 Å². The number of methoxy groups -OCH3 is 1. The van der Waals surface area contributed by atoms with Gasteiger partial charge in [0.05, 0.1) is 7.11 Å². The van der Waals surface area contributed by atoms with E-state index in [-0.39, 0.29) is 0 Å². The molecule has 0 aliphatic rings. The Morgan fingerprint density at radius 2 is 1.85 bits per heavy atom. The second kappa shape index (κ2) is 6.43. The Bertz CT molecular complexity index is 618. The smallest absolute Gasteiger partial charge is 0.328 e. The summed E-state index contributed by atoms with van der Waals surface area (Å²) in [6, 6.07) is 14.6. The van der Waals surface area contributed by atoms with Crippen molar-refractivity contribution < 1.29 is 19.4 Å². The van der Waals surface area contributed by atoms with Crippen molar-refractivity contribution in [2.45, 2.75) is 0 Å². The van der Waals surface area contributed by atoms with Crippen LogP contribution in [0.25, 0.3) is 6.08 Å². The van der Waals surface area contributed by atoms with E-state index in [4.69, 9.17) is 14.6 Å². The Kier molecular flexibility index (Phi) is 4.39. The van der Waals surface area contributed by atoms with E-state index in [0.29, 0.717) is 17.2 Å². The number of hydrogen-bond donors (Lipinski definition) is 1. The average Bonchev–Trinajstić information content (AvgIpc) is 2.47. The molecule has 0 spiro atoms. The summed E-state index contributed by atoms with van der Waals surface area (Å²) < 4.78 is 11.0. The van der Waals surface area contributed by atoms with Gasteiger partial charge in [0.2, 0.25) is 0 Å². The number of benzene rings is 2. The highest BCUT2D eigenvalue weighted by molar-refractivity contribution is 5.85. The van der Waals surface area contributed by atoms with Crippen molar-refractivity contribution in [3.05, 3.63) is 60.2 Å². The maximum absolute atomic E-state index is 10.5. The van der Waals surface area contributed by atoms with Crippen LogP contribution in [-0.4, -0.2) is 18.2 Å². The fourth-order valence-electron chi connectivity index (χ4n) is 1.66. The van der Waals surface area contributed by atoms with E-state index >= 15 is 0 Å². The van der Waals surface area contributed by atoms with E-state index in [9.17, 15) is 4.79 Å². The van der Waals surface area contributed by atoms with Gasteiger partial charge in [-0.25, -0.2) is 4.79 Å². The summed E-state index contributed by atoms with van der Waals surface area (Å²) in [6.45, 7) is 0. The fourth-order valence-corrected chi connectivity index (χ4v) is 1.66.